The predicted octanol–water partition coefficient (Wildman–Crippen LogP) is 6.30. The molecule has 172 valence electrons. The highest BCUT2D eigenvalue weighted by Crippen LogP contribution is 2.32. The van der Waals surface area contributed by atoms with Crippen LogP contribution < -0.4 is 15.4 Å². The van der Waals surface area contributed by atoms with E-state index in [4.69, 9.17) is 16.3 Å². The molecule has 0 radical (unpaired) electrons. The number of ether oxygens (including phenoxy) is 1. The average molecular weight is 492 g/mol. The molecule has 8 heteroatoms. The van der Waals surface area contributed by atoms with Gasteiger partial charge in [-0.3, -0.25) is 9.59 Å². The third-order valence-electron chi connectivity index (χ3n) is 4.87. The van der Waals surface area contributed by atoms with E-state index in [-0.39, 0.29) is 18.2 Å². The molecule has 0 bridgehead atoms. The lowest BCUT2D eigenvalue weighted by atomic mass is 10.2. The van der Waals surface area contributed by atoms with Crippen LogP contribution in [0, 0.1) is 0 Å². The van der Waals surface area contributed by atoms with E-state index in [0.29, 0.717) is 34.3 Å². The van der Waals surface area contributed by atoms with Gasteiger partial charge in [0.05, 0.1) is 35.7 Å². The van der Waals surface area contributed by atoms with Crippen LogP contribution >= 0.6 is 22.9 Å². The fourth-order valence-corrected chi connectivity index (χ4v) is 4.27. The van der Waals surface area contributed by atoms with E-state index in [1.807, 2.05) is 36.6 Å². The van der Waals surface area contributed by atoms with Gasteiger partial charge in [0.2, 0.25) is 5.91 Å². The van der Waals surface area contributed by atoms with Crippen LogP contribution in [0.3, 0.4) is 0 Å². The first kappa shape index (κ1) is 23.5. The quantitative estimate of drug-likeness (QED) is 0.303. The molecule has 3 aromatic carbocycles. The van der Waals surface area contributed by atoms with Crippen molar-refractivity contribution >= 4 is 46.1 Å². The van der Waals surface area contributed by atoms with E-state index in [9.17, 15) is 9.59 Å². The summed E-state index contributed by atoms with van der Waals surface area (Å²) in [6, 6.07) is 21.3. The number of hydrogen-bond acceptors (Lipinski definition) is 5. The number of carbonyl (C=O) groups is 2. The van der Waals surface area contributed by atoms with Gasteiger partial charge >= 0.3 is 0 Å². The Morgan fingerprint density at radius 1 is 0.941 bits per heavy atom. The van der Waals surface area contributed by atoms with Crippen molar-refractivity contribution in [3.63, 3.8) is 0 Å². The first-order chi connectivity index (χ1) is 16.5. The van der Waals surface area contributed by atoms with Crippen LogP contribution in [0.4, 0.5) is 11.4 Å². The highest BCUT2D eigenvalue weighted by molar-refractivity contribution is 7.13. The molecule has 2 N–H and O–H groups in total. The van der Waals surface area contributed by atoms with Crippen LogP contribution in [-0.4, -0.2) is 23.4 Å². The van der Waals surface area contributed by atoms with Crippen molar-refractivity contribution in [1.82, 2.24) is 4.98 Å². The van der Waals surface area contributed by atoms with Gasteiger partial charge in [0.25, 0.3) is 5.91 Å². The minimum atomic E-state index is -0.296. The maximum atomic E-state index is 12.7. The van der Waals surface area contributed by atoms with Gasteiger partial charge in [0, 0.05) is 16.0 Å². The van der Waals surface area contributed by atoms with Crippen LogP contribution in [-0.2, 0) is 11.2 Å². The number of amides is 2. The highest BCUT2D eigenvalue weighted by Gasteiger charge is 2.14. The standard InChI is InChI=1S/C26H22ClN3O3S/c1-2-33-23-10-6-3-7-20(23)26-28-19(16-34-26)15-24(31)29-21-8-4-5-9-22(21)30-25(32)17-11-13-18(27)14-12-17/h3-14,16H,2,15H2,1H3,(H,29,31)(H,30,32). The fourth-order valence-electron chi connectivity index (χ4n) is 3.29. The number of rotatable bonds is 8. The van der Waals surface area contributed by atoms with E-state index >= 15 is 0 Å². The number of carbonyl (C=O) groups excluding carboxylic acids is 2. The molecule has 0 unspecified atom stereocenters. The second kappa shape index (κ2) is 11.0. The summed E-state index contributed by atoms with van der Waals surface area (Å²) < 4.78 is 5.69. The van der Waals surface area contributed by atoms with Gasteiger partial charge in [-0.2, -0.15) is 0 Å². The summed E-state index contributed by atoms with van der Waals surface area (Å²) >= 11 is 7.36. The Hall–Kier alpha value is -3.68. The summed E-state index contributed by atoms with van der Waals surface area (Å²) in [6.45, 7) is 2.50. The molecule has 1 aromatic heterocycles. The number of hydrogen-bond donors (Lipinski definition) is 2. The molecule has 4 aromatic rings. The molecule has 4 rings (SSSR count). The van der Waals surface area contributed by atoms with Gasteiger partial charge in [0.15, 0.2) is 0 Å². The van der Waals surface area contributed by atoms with Crippen LogP contribution in [0.2, 0.25) is 5.02 Å². The Balaban J connectivity index is 1.43. The number of aromatic nitrogens is 1. The number of anilines is 2. The third-order valence-corrected chi connectivity index (χ3v) is 6.04. The molecule has 6 nitrogen and oxygen atoms in total. The zero-order chi connectivity index (χ0) is 23.9. The number of nitrogens with zero attached hydrogens (tertiary/aromatic N) is 1. The Morgan fingerprint density at radius 2 is 1.62 bits per heavy atom. The molecule has 0 saturated carbocycles. The van der Waals surface area contributed by atoms with Gasteiger partial charge in [0.1, 0.15) is 10.8 Å². The zero-order valence-electron chi connectivity index (χ0n) is 18.4. The molecule has 34 heavy (non-hydrogen) atoms. The summed E-state index contributed by atoms with van der Waals surface area (Å²) in [5.74, 6) is 0.235. The summed E-state index contributed by atoms with van der Waals surface area (Å²) in [5.41, 5.74) is 3.03. The molecule has 0 fully saturated rings. The van der Waals surface area contributed by atoms with Gasteiger partial charge in [-0.1, -0.05) is 35.9 Å². The SMILES string of the molecule is CCOc1ccccc1-c1nc(CC(=O)Nc2ccccc2NC(=O)c2ccc(Cl)cc2)cs1. The fraction of sp³-hybridized carbons (Fsp3) is 0.115. The minimum absolute atomic E-state index is 0.104. The van der Waals surface area contributed by atoms with Crippen LogP contribution in [0.15, 0.2) is 78.2 Å². The van der Waals surface area contributed by atoms with Crippen molar-refractivity contribution in [2.45, 2.75) is 13.3 Å². The Kier molecular flexibility index (Phi) is 7.57. The molecule has 0 atom stereocenters. The van der Waals surface area contributed by atoms with E-state index in [0.717, 1.165) is 16.3 Å². The van der Waals surface area contributed by atoms with Gasteiger partial charge in [-0.15, -0.1) is 11.3 Å². The number of thiazole rings is 1. The van der Waals surface area contributed by atoms with Gasteiger partial charge in [-0.05, 0) is 55.5 Å². The monoisotopic (exact) mass is 491 g/mol. The van der Waals surface area contributed by atoms with Gasteiger partial charge < -0.3 is 15.4 Å². The first-order valence-electron chi connectivity index (χ1n) is 10.7. The third kappa shape index (κ3) is 5.81. The average Bonchev–Trinajstić information content (AvgIpc) is 3.29. The lowest BCUT2D eigenvalue weighted by molar-refractivity contribution is -0.115. The van der Waals surface area contributed by atoms with Crippen LogP contribution in [0.25, 0.3) is 10.6 Å². The minimum Gasteiger partial charge on any atom is -0.493 e. The lowest BCUT2D eigenvalue weighted by Gasteiger charge is -2.12. The van der Waals surface area contributed by atoms with Crippen molar-refractivity contribution in [2.75, 3.05) is 17.2 Å². The molecule has 2 amide bonds. The molecule has 0 aliphatic rings. The van der Waals surface area contributed by atoms with E-state index in [1.165, 1.54) is 11.3 Å². The maximum absolute atomic E-state index is 12.7. The van der Waals surface area contributed by atoms with E-state index in [2.05, 4.69) is 15.6 Å². The van der Waals surface area contributed by atoms with Crippen molar-refractivity contribution in [1.29, 1.82) is 0 Å². The summed E-state index contributed by atoms with van der Waals surface area (Å²) in [4.78, 5) is 29.9. The zero-order valence-corrected chi connectivity index (χ0v) is 20.0. The van der Waals surface area contributed by atoms with E-state index in [1.54, 1.807) is 48.5 Å². The number of nitrogens with one attached hydrogen (secondary N) is 2. The number of para-hydroxylation sites is 3. The molecule has 0 spiro atoms. The Labute approximate surface area is 206 Å². The molecular weight excluding hydrogens is 470 g/mol. The van der Waals surface area contributed by atoms with Crippen molar-refractivity contribution in [2.24, 2.45) is 0 Å². The topological polar surface area (TPSA) is 80.3 Å². The maximum Gasteiger partial charge on any atom is 0.255 e. The Bertz CT molecular complexity index is 1300. The smallest absolute Gasteiger partial charge is 0.255 e. The van der Waals surface area contributed by atoms with Crippen molar-refractivity contribution < 1.29 is 14.3 Å². The van der Waals surface area contributed by atoms with Crippen molar-refractivity contribution in [3.05, 3.63) is 94.5 Å². The predicted molar refractivity (Wildman–Crippen MR) is 137 cm³/mol. The lowest BCUT2D eigenvalue weighted by Crippen LogP contribution is -2.18. The summed E-state index contributed by atoms with van der Waals surface area (Å²) in [7, 11) is 0. The van der Waals surface area contributed by atoms with E-state index < -0.39 is 0 Å². The molecular formula is C26H22ClN3O3S. The molecule has 0 saturated heterocycles. The highest BCUT2D eigenvalue weighted by atomic mass is 35.5. The Morgan fingerprint density at radius 3 is 2.35 bits per heavy atom. The summed E-state index contributed by atoms with van der Waals surface area (Å²) in [6.07, 6.45) is 0.104. The van der Waals surface area contributed by atoms with Gasteiger partial charge in [-0.25, -0.2) is 4.98 Å². The second-order valence-electron chi connectivity index (χ2n) is 7.30. The largest absolute Gasteiger partial charge is 0.493 e. The molecule has 0 aliphatic carbocycles. The molecule has 1 heterocycles. The van der Waals surface area contributed by atoms with Crippen molar-refractivity contribution in [3.8, 4) is 16.3 Å². The summed E-state index contributed by atoms with van der Waals surface area (Å²) in [5, 5.41) is 8.92. The number of halogens is 1. The first-order valence-corrected chi connectivity index (χ1v) is 11.9. The second-order valence-corrected chi connectivity index (χ2v) is 8.60. The number of benzene rings is 3. The van der Waals surface area contributed by atoms with Crippen LogP contribution in [0.1, 0.15) is 23.0 Å². The normalized spacial score (nSPS) is 10.5. The van der Waals surface area contributed by atoms with Crippen LogP contribution in [0.5, 0.6) is 5.75 Å². The molecule has 0 aliphatic heterocycles.